The summed E-state index contributed by atoms with van der Waals surface area (Å²) in [5, 5.41) is 5.15. The predicted molar refractivity (Wildman–Crippen MR) is 179 cm³/mol. The van der Waals surface area contributed by atoms with Gasteiger partial charge in [-0.2, -0.15) is 4.57 Å². The first kappa shape index (κ1) is 33.8. The van der Waals surface area contributed by atoms with Gasteiger partial charge in [0.1, 0.15) is 5.75 Å². The molecule has 1 heterocycles. The maximum absolute atomic E-state index is 13.0. The maximum atomic E-state index is 13.0. The quantitative estimate of drug-likeness (QED) is 0.105. The zero-order valence-electron chi connectivity index (χ0n) is 26.8. The van der Waals surface area contributed by atoms with E-state index >= 15 is 0 Å². The van der Waals surface area contributed by atoms with Crippen molar-refractivity contribution in [1.82, 2.24) is 0 Å². The van der Waals surface area contributed by atoms with Crippen LogP contribution in [0.5, 0.6) is 5.75 Å². The average molecular weight is 592 g/mol. The molecule has 0 bridgehead atoms. The Kier molecular flexibility index (Phi) is 15.1. The van der Waals surface area contributed by atoms with Crippen LogP contribution in [0.4, 0.5) is 5.69 Å². The van der Waals surface area contributed by atoms with Crippen molar-refractivity contribution in [3.63, 3.8) is 0 Å². The molecule has 230 valence electrons. The summed E-state index contributed by atoms with van der Waals surface area (Å²) in [5.41, 5.74) is 5.74. The van der Waals surface area contributed by atoms with E-state index in [1.807, 2.05) is 36.4 Å². The minimum atomic E-state index is -0.0966. The standard InChI is InChI=1S/C37H54N2O2S/c1-5-6-7-8-9-10-11-12-13-14-15-16-17-18-26-41-35-24-23-33(28-34(35)37(2,3)4)38-36(40)32-21-19-31(20-22-32)29-39-25-27-42-30-39/h19-25,27-28,30H,5-18,26,29H2,1-4H3/p+1. The van der Waals surface area contributed by atoms with Crippen LogP contribution < -0.4 is 14.6 Å². The number of ether oxygens (including phenoxy) is 1. The van der Waals surface area contributed by atoms with E-state index in [2.05, 4.69) is 60.7 Å². The Hall–Kier alpha value is -2.66. The van der Waals surface area contributed by atoms with Crippen LogP contribution in [0, 0.1) is 0 Å². The minimum absolute atomic E-state index is 0.0907. The van der Waals surface area contributed by atoms with Gasteiger partial charge in [0.05, 0.1) is 12.0 Å². The lowest BCUT2D eigenvalue weighted by molar-refractivity contribution is -0.683. The average Bonchev–Trinajstić information content (AvgIpc) is 3.48. The Morgan fingerprint density at radius 2 is 1.40 bits per heavy atom. The van der Waals surface area contributed by atoms with Gasteiger partial charge in [0.25, 0.3) is 5.91 Å². The number of aromatic nitrogens is 1. The van der Waals surface area contributed by atoms with E-state index in [0.717, 1.165) is 36.6 Å². The SMILES string of the molecule is CCCCCCCCCCCCCCCCOc1ccc(NC(=O)c2ccc(C[n+]3ccsc3)cc2)cc1C(C)(C)C. The number of nitrogens with zero attached hydrogens (tertiary/aromatic N) is 1. The Balaban J connectivity index is 1.36. The van der Waals surface area contributed by atoms with Crippen LogP contribution in [0.25, 0.3) is 0 Å². The van der Waals surface area contributed by atoms with Crippen molar-refractivity contribution in [2.24, 2.45) is 0 Å². The fourth-order valence-electron chi connectivity index (χ4n) is 5.33. The molecule has 0 saturated heterocycles. The summed E-state index contributed by atoms with van der Waals surface area (Å²) < 4.78 is 8.39. The number of carbonyl (C=O) groups is 1. The van der Waals surface area contributed by atoms with Crippen LogP contribution >= 0.6 is 11.3 Å². The monoisotopic (exact) mass is 591 g/mol. The molecule has 0 unspecified atom stereocenters. The van der Waals surface area contributed by atoms with Gasteiger partial charge >= 0.3 is 0 Å². The van der Waals surface area contributed by atoms with Crippen LogP contribution in [-0.2, 0) is 12.0 Å². The van der Waals surface area contributed by atoms with Gasteiger partial charge in [0.2, 0.25) is 5.51 Å². The number of carbonyl (C=O) groups excluding carboxylic acids is 1. The molecule has 3 aromatic rings. The molecule has 5 heteroatoms. The molecule has 0 aliphatic carbocycles. The van der Waals surface area contributed by atoms with Gasteiger partial charge in [0, 0.05) is 22.4 Å². The van der Waals surface area contributed by atoms with Gasteiger partial charge in [-0.1, -0.05) is 135 Å². The second kappa shape index (κ2) is 18.8. The third kappa shape index (κ3) is 12.7. The molecule has 3 rings (SSSR count). The lowest BCUT2D eigenvalue weighted by Crippen LogP contribution is -2.30. The van der Waals surface area contributed by atoms with E-state index in [0.29, 0.717) is 5.56 Å². The molecule has 0 spiro atoms. The van der Waals surface area contributed by atoms with Gasteiger partial charge in [-0.25, -0.2) is 0 Å². The second-order valence-electron chi connectivity index (χ2n) is 12.8. The zero-order valence-corrected chi connectivity index (χ0v) is 27.6. The fraction of sp³-hybridized carbons (Fsp3) is 0.568. The van der Waals surface area contributed by atoms with E-state index in [4.69, 9.17) is 4.74 Å². The van der Waals surface area contributed by atoms with Crippen LogP contribution in [0.2, 0.25) is 0 Å². The molecule has 2 aromatic carbocycles. The predicted octanol–water partition coefficient (Wildman–Crippen LogP) is 10.5. The Labute approximate surface area is 259 Å². The van der Waals surface area contributed by atoms with Gasteiger partial charge in [-0.15, -0.1) is 0 Å². The summed E-state index contributed by atoms with van der Waals surface area (Å²) in [6.07, 6.45) is 21.0. The lowest BCUT2D eigenvalue weighted by Gasteiger charge is -2.24. The van der Waals surface area contributed by atoms with Crippen LogP contribution in [0.15, 0.2) is 59.6 Å². The highest BCUT2D eigenvalue weighted by molar-refractivity contribution is 7.07. The second-order valence-corrected chi connectivity index (χ2v) is 13.5. The molecule has 1 aromatic heterocycles. The minimum Gasteiger partial charge on any atom is -0.493 e. The van der Waals surface area contributed by atoms with E-state index in [-0.39, 0.29) is 11.3 Å². The lowest BCUT2D eigenvalue weighted by atomic mass is 9.86. The smallest absolute Gasteiger partial charge is 0.255 e. The number of amides is 1. The van der Waals surface area contributed by atoms with Crippen molar-refractivity contribution < 1.29 is 14.1 Å². The maximum Gasteiger partial charge on any atom is 0.255 e. The van der Waals surface area contributed by atoms with Crippen molar-refractivity contribution >= 4 is 22.9 Å². The number of nitrogens with one attached hydrogen (secondary N) is 1. The number of thiazole rings is 1. The van der Waals surface area contributed by atoms with Gasteiger partial charge in [-0.05, 0) is 42.2 Å². The number of hydrogen-bond donors (Lipinski definition) is 1. The van der Waals surface area contributed by atoms with Crippen LogP contribution in [0.3, 0.4) is 0 Å². The Morgan fingerprint density at radius 1 is 0.810 bits per heavy atom. The van der Waals surface area contributed by atoms with Gasteiger partial charge in [-0.3, -0.25) is 4.79 Å². The van der Waals surface area contributed by atoms with E-state index in [9.17, 15) is 4.79 Å². The fourth-order valence-corrected chi connectivity index (χ4v) is 5.92. The molecule has 0 atom stereocenters. The molecule has 4 nitrogen and oxygen atoms in total. The highest BCUT2D eigenvalue weighted by Gasteiger charge is 2.20. The Bertz CT molecular complexity index is 1150. The van der Waals surface area contributed by atoms with Gasteiger partial charge < -0.3 is 10.1 Å². The molecular weight excluding hydrogens is 536 g/mol. The summed E-state index contributed by atoms with van der Waals surface area (Å²) in [5.74, 6) is 0.825. The zero-order chi connectivity index (χ0) is 30.0. The number of anilines is 1. The first-order valence-corrected chi connectivity index (χ1v) is 17.4. The van der Waals surface area contributed by atoms with Crippen molar-refractivity contribution in [2.75, 3.05) is 11.9 Å². The van der Waals surface area contributed by atoms with E-state index in [1.54, 1.807) is 11.3 Å². The topological polar surface area (TPSA) is 42.2 Å². The van der Waals surface area contributed by atoms with E-state index < -0.39 is 0 Å². The molecule has 42 heavy (non-hydrogen) atoms. The first-order valence-electron chi connectivity index (χ1n) is 16.5. The molecule has 0 fully saturated rings. The summed E-state index contributed by atoms with van der Waals surface area (Å²) in [7, 11) is 0. The van der Waals surface area contributed by atoms with Crippen molar-refractivity contribution in [3.05, 3.63) is 76.2 Å². The molecule has 0 saturated carbocycles. The first-order chi connectivity index (χ1) is 20.4. The number of rotatable bonds is 20. The number of unbranched alkanes of at least 4 members (excludes halogenated alkanes) is 13. The highest BCUT2D eigenvalue weighted by Crippen LogP contribution is 2.34. The molecule has 0 aliphatic heterocycles. The third-order valence-corrected chi connectivity index (χ3v) is 8.58. The molecule has 0 radical (unpaired) electrons. The molecule has 1 N–H and O–H groups in total. The molecule has 1 amide bonds. The van der Waals surface area contributed by atoms with Crippen LogP contribution in [-0.4, -0.2) is 12.5 Å². The largest absolute Gasteiger partial charge is 0.493 e. The van der Waals surface area contributed by atoms with Crippen molar-refractivity contribution in [3.8, 4) is 5.75 Å². The van der Waals surface area contributed by atoms with Crippen molar-refractivity contribution in [1.29, 1.82) is 0 Å². The number of benzene rings is 2. The molecule has 0 aliphatic rings. The summed E-state index contributed by atoms with van der Waals surface area (Å²) in [6.45, 7) is 10.4. The third-order valence-electron chi connectivity index (χ3n) is 7.91. The summed E-state index contributed by atoms with van der Waals surface area (Å²) in [4.78, 5) is 13.0. The molecular formula is C37H55N2O2S+. The van der Waals surface area contributed by atoms with Gasteiger partial charge in [0.15, 0.2) is 12.7 Å². The normalized spacial score (nSPS) is 11.5. The van der Waals surface area contributed by atoms with Crippen molar-refractivity contribution in [2.45, 2.75) is 130 Å². The van der Waals surface area contributed by atoms with E-state index in [1.165, 1.54) is 89.0 Å². The summed E-state index contributed by atoms with van der Waals surface area (Å²) in [6, 6.07) is 13.9. The Morgan fingerprint density at radius 3 is 1.95 bits per heavy atom. The van der Waals surface area contributed by atoms with Crippen LogP contribution in [0.1, 0.15) is 139 Å². The summed E-state index contributed by atoms with van der Waals surface area (Å²) >= 11 is 1.67. The highest BCUT2D eigenvalue weighted by atomic mass is 32.1. The number of hydrogen-bond acceptors (Lipinski definition) is 3.